The van der Waals surface area contributed by atoms with Gasteiger partial charge < -0.3 is 9.47 Å². The zero-order valence-electron chi connectivity index (χ0n) is 26.7. The van der Waals surface area contributed by atoms with Crippen LogP contribution in [-0.4, -0.2) is 26.4 Å². The van der Waals surface area contributed by atoms with Crippen LogP contribution in [0.5, 0.6) is 0 Å². The minimum Gasteiger partial charge on any atom is -0.381 e. The van der Waals surface area contributed by atoms with Crippen molar-refractivity contribution in [3.8, 4) is 50.8 Å². The van der Waals surface area contributed by atoms with Gasteiger partial charge in [0.05, 0.1) is 14.6 Å². The van der Waals surface area contributed by atoms with Gasteiger partial charge in [-0.1, -0.05) is 51.0 Å². The average molecular weight is 723 g/mol. The van der Waals surface area contributed by atoms with Gasteiger partial charge >= 0.3 is 0 Å². The lowest BCUT2D eigenvalue weighted by Gasteiger charge is -2.10. The quantitative estimate of drug-likeness (QED) is 0.0775. The van der Waals surface area contributed by atoms with Crippen LogP contribution in [0.15, 0.2) is 70.1 Å². The summed E-state index contributed by atoms with van der Waals surface area (Å²) in [6.07, 6.45) is 8.81. The Morgan fingerprint density at radius 2 is 0.935 bits per heavy atom. The zero-order valence-corrected chi connectivity index (χ0v) is 31.6. The van der Waals surface area contributed by atoms with Crippen LogP contribution in [0.2, 0.25) is 0 Å². The standard InChI is InChI=1S/C38H42O2S6/c1-3-5-19-39-21-7-13-27-28(14-8-22-40-20-6-4-2)45-37(33(27)29-15-9-23-41-29)38-35(31-17-11-25-43-31)34(30-16-10-24-42-30)36(46-38)32-18-12-26-44-32/h9-12,15-18,23-26H,3-8,13-14,19-22H2,1-2H3. The predicted molar refractivity (Wildman–Crippen MR) is 209 cm³/mol. The second kappa shape index (κ2) is 17.5. The van der Waals surface area contributed by atoms with Gasteiger partial charge in [0.2, 0.25) is 0 Å². The van der Waals surface area contributed by atoms with E-state index in [9.17, 15) is 0 Å². The highest BCUT2D eigenvalue weighted by Crippen LogP contribution is 2.58. The summed E-state index contributed by atoms with van der Waals surface area (Å²) in [5.74, 6) is 0. The van der Waals surface area contributed by atoms with Gasteiger partial charge in [0.15, 0.2) is 0 Å². The molecule has 242 valence electrons. The Morgan fingerprint density at radius 1 is 0.478 bits per heavy atom. The third-order valence-corrected chi connectivity index (χ3v) is 14.3. The molecule has 0 aliphatic rings. The van der Waals surface area contributed by atoms with E-state index in [1.165, 1.54) is 74.1 Å². The fourth-order valence-corrected chi connectivity index (χ4v) is 12.0. The molecule has 6 rings (SSSR count). The van der Waals surface area contributed by atoms with Crippen LogP contribution in [0.25, 0.3) is 50.8 Å². The fourth-order valence-electron chi connectivity index (χ4n) is 5.69. The second-order valence-electron chi connectivity index (χ2n) is 11.3. The molecule has 8 heteroatoms. The van der Waals surface area contributed by atoms with E-state index in [1.54, 1.807) is 0 Å². The molecule has 0 saturated heterocycles. The summed E-state index contributed by atoms with van der Waals surface area (Å²) in [4.78, 5) is 11.2. The SMILES string of the molecule is CCCCOCCCc1sc(-c2sc(-c3cccs3)c(-c3cccs3)c2-c2cccs2)c(-c2cccs2)c1CCCOCCCC. The normalized spacial score (nSPS) is 11.6. The lowest BCUT2D eigenvalue weighted by Crippen LogP contribution is -2.01. The summed E-state index contributed by atoms with van der Waals surface area (Å²) in [7, 11) is 0. The van der Waals surface area contributed by atoms with Crippen molar-refractivity contribution in [1.29, 1.82) is 0 Å². The van der Waals surface area contributed by atoms with Gasteiger partial charge in [0, 0.05) is 67.5 Å². The maximum absolute atomic E-state index is 6.06. The van der Waals surface area contributed by atoms with Gasteiger partial charge in [-0.2, -0.15) is 0 Å². The van der Waals surface area contributed by atoms with Crippen molar-refractivity contribution in [1.82, 2.24) is 0 Å². The van der Waals surface area contributed by atoms with E-state index >= 15 is 0 Å². The lowest BCUT2D eigenvalue weighted by atomic mass is 9.97. The molecule has 6 aromatic heterocycles. The zero-order chi connectivity index (χ0) is 31.6. The van der Waals surface area contributed by atoms with Crippen molar-refractivity contribution in [2.45, 2.75) is 65.2 Å². The number of rotatable bonds is 19. The Bertz CT molecular complexity index is 1700. The molecule has 0 aliphatic heterocycles. The molecule has 0 N–H and O–H groups in total. The highest BCUT2D eigenvalue weighted by Gasteiger charge is 2.29. The van der Waals surface area contributed by atoms with E-state index < -0.39 is 0 Å². The molecular formula is C38H42O2S6. The Kier molecular flexibility index (Phi) is 12.9. The van der Waals surface area contributed by atoms with Crippen LogP contribution in [0.4, 0.5) is 0 Å². The summed E-state index contributed by atoms with van der Waals surface area (Å²) >= 11 is 11.5. The van der Waals surface area contributed by atoms with Crippen LogP contribution in [0.3, 0.4) is 0 Å². The molecule has 0 atom stereocenters. The molecule has 6 aromatic rings. The van der Waals surface area contributed by atoms with E-state index in [0.29, 0.717) is 0 Å². The molecule has 0 spiro atoms. The van der Waals surface area contributed by atoms with Crippen molar-refractivity contribution < 1.29 is 9.47 Å². The Morgan fingerprint density at radius 3 is 1.46 bits per heavy atom. The van der Waals surface area contributed by atoms with Gasteiger partial charge in [0.25, 0.3) is 0 Å². The molecule has 0 radical (unpaired) electrons. The average Bonchev–Trinajstić information content (AvgIpc) is 3.91. The van der Waals surface area contributed by atoms with E-state index in [1.807, 2.05) is 68.0 Å². The third-order valence-electron chi connectivity index (χ3n) is 7.95. The molecule has 6 heterocycles. The topological polar surface area (TPSA) is 18.5 Å². The minimum atomic E-state index is 0.819. The molecule has 0 amide bonds. The summed E-state index contributed by atoms with van der Waals surface area (Å²) in [6.45, 7) is 7.82. The van der Waals surface area contributed by atoms with E-state index in [4.69, 9.17) is 9.47 Å². The third kappa shape index (κ3) is 8.04. The van der Waals surface area contributed by atoms with Crippen LogP contribution in [-0.2, 0) is 22.3 Å². The molecule has 0 fully saturated rings. The number of thiophene rings is 6. The Labute approximate surface area is 298 Å². The summed E-state index contributed by atoms with van der Waals surface area (Å²) < 4.78 is 12.1. The molecule has 2 nitrogen and oxygen atoms in total. The van der Waals surface area contributed by atoms with Crippen LogP contribution < -0.4 is 0 Å². The van der Waals surface area contributed by atoms with Crippen LogP contribution in [0, 0.1) is 0 Å². The number of hydrogen-bond acceptors (Lipinski definition) is 8. The van der Waals surface area contributed by atoms with Crippen molar-refractivity contribution in [2.75, 3.05) is 26.4 Å². The molecular weight excluding hydrogens is 681 g/mol. The fraction of sp³-hybridized carbons (Fsp3) is 0.368. The maximum Gasteiger partial charge on any atom is 0.0549 e. The van der Waals surface area contributed by atoms with E-state index in [0.717, 1.165) is 65.0 Å². The van der Waals surface area contributed by atoms with Crippen molar-refractivity contribution in [2.24, 2.45) is 0 Å². The van der Waals surface area contributed by atoms with Crippen molar-refractivity contribution >= 4 is 68.0 Å². The molecule has 0 aliphatic carbocycles. The molecule has 46 heavy (non-hydrogen) atoms. The van der Waals surface area contributed by atoms with Gasteiger partial charge in [-0.3, -0.25) is 0 Å². The van der Waals surface area contributed by atoms with Crippen molar-refractivity contribution in [3.63, 3.8) is 0 Å². The largest absolute Gasteiger partial charge is 0.381 e. The first-order chi connectivity index (χ1) is 22.8. The van der Waals surface area contributed by atoms with Crippen molar-refractivity contribution in [3.05, 3.63) is 80.5 Å². The smallest absolute Gasteiger partial charge is 0.0549 e. The number of aryl methyl sites for hydroxylation is 1. The summed E-state index contributed by atoms with van der Waals surface area (Å²) in [5.41, 5.74) is 5.76. The summed E-state index contributed by atoms with van der Waals surface area (Å²) in [5, 5.41) is 8.88. The molecule has 0 saturated carbocycles. The first-order valence-corrected chi connectivity index (χ1v) is 21.6. The van der Waals surface area contributed by atoms with Gasteiger partial charge in [-0.05, 0) is 89.9 Å². The molecule has 0 aromatic carbocycles. The Hall–Kier alpha value is -1.88. The first kappa shape index (κ1) is 34.0. The Balaban J connectivity index is 1.49. The number of hydrogen-bond donors (Lipinski definition) is 0. The second-order valence-corrected chi connectivity index (χ2v) is 17.2. The molecule has 0 bridgehead atoms. The number of unbranched alkanes of at least 4 members (excludes halogenated alkanes) is 2. The highest BCUT2D eigenvalue weighted by atomic mass is 32.1. The molecule has 0 unspecified atom stereocenters. The van der Waals surface area contributed by atoms with E-state index in [-0.39, 0.29) is 0 Å². The van der Waals surface area contributed by atoms with Gasteiger partial charge in [-0.15, -0.1) is 68.0 Å². The van der Waals surface area contributed by atoms with E-state index in [2.05, 4.69) is 83.9 Å². The summed E-state index contributed by atoms with van der Waals surface area (Å²) in [6, 6.07) is 18.0. The number of ether oxygens (including phenoxy) is 2. The van der Waals surface area contributed by atoms with Crippen LogP contribution in [0.1, 0.15) is 62.8 Å². The minimum absolute atomic E-state index is 0.819. The van der Waals surface area contributed by atoms with Gasteiger partial charge in [-0.25, -0.2) is 0 Å². The maximum atomic E-state index is 6.06. The van der Waals surface area contributed by atoms with Crippen LogP contribution >= 0.6 is 68.0 Å². The highest BCUT2D eigenvalue weighted by molar-refractivity contribution is 7.28. The lowest BCUT2D eigenvalue weighted by molar-refractivity contribution is 0.128. The monoisotopic (exact) mass is 722 g/mol. The predicted octanol–water partition coefficient (Wildman–Crippen LogP) is 13.9. The first-order valence-electron chi connectivity index (χ1n) is 16.4. The van der Waals surface area contributed by atoms with Gasteiger partial charge in [0.1, 0.15) is 0 Å².